The average Bonchev–Trinajstić information content (AvgIpc) is 2.72. The summed E-state index contributed by atoms with van der Waals surface area (Å²) < 4.78 is 5.78. The Morgan fingerprint density at radius 3 is 1.92 bits per heavy atom. The second kappa shape index (κ2) is 9.14. The normalized spacial score (nSPS) is 11.5. The van der Waals surface area contributed by atoms with E-state index in [0.717, 1.165) is 11.1 Å². The second-order valence-corrected chi connectivity index (χ2v) is 5.58. The molecule has 0 N–H and O–H groups in total. The Morgan fingerprint density at radius 2 is 1.31 bits per heavy atom. The van der Waals surface area contributed by atoms with Crippen LogP contribution >= 0.6 is 0 Å². The van der Waals surface area contributed by atoms with Gasteiger partial charge in [-0.3, -0.25) is 4.79 Å². The van der Waals surface area contributed by atoms with Crippen LogP contribution < -0.4 is 0 Å². The SMILES string of the molecule is O=C(N=C(OC/C=C/c1ccccc1)c1ccccc1)c1ccccc1. The molecular weight excluding hydrogens is 322 g/mol. The minimum absolute atomic E-state index is 0.317. The fourth-order valence-electron chi connectivity index (χ4n) is 2.37. The molecule has 0 saturated carbocycles. The molecule has 0 radical (unpaired) electrons. The molecule has 3 nitrogen and oxygen atoms in total. The summed E-state index contributed by atoms with van der Waals surface area (Å²) >= 11 is 0. The van der Waals surface area contributed by atoms with Gasteiger partial charge in [0, 0.05) is 11.1 Å². The van der Waals surface area contributed by atoms with Crippen LogP contribution in [-0.4, -0.2) is 18.4 Å². The minimum atomic E-state index is -0.323. The van der Waals surface area contributed by atoms with Gasteiger partial charge >= 0.3 is 0 Å². The fraction of sp³-hybridized carbons (Fsp3) is 0.0435. The van der Waals surface area contributed by atoms with E-state index in [1.165, 1.54) is 0 Å². The van der Waals surface area contributed by atoms with E-state index in [-0.39, 0.29) is 5.91 Å². The maximum atomic E-state index is 12.4. The number of amides is 1. The number of carbonyl (C=O) groups excluding carboxylic acids is 1. The van der Waals surface area contributed by atoms with Crippen molar-refractivity contribution in [2.75, 3.05) is 6.61 Å². The standard InChI is InChI=1S/C23H19NO2/c25-22(20-14-6-2-7-15-20)24-23(21-16-8-3-9-17-21)26-18-10-13-19-11-4-1-5-12-19/h1-17H,18H2/b13-10+,24-23?. The van der Waals surface area contributed by atoms with Crippen molar-refractivity contribution >= 4 is 17.9 Å². The van der Waals surface area contributed by atoms with E-state index in [2.05, 4.69) is 4.99 Å². The fourth-order valence-corrected chi connectivity index (χ4v) is 2.37. The lowest BCUT2D eigenvalue weighted by Crippen LogP contribution is -2.10. The first-order valence-electron chi connectivity index (χ1n) is 8.41. The zero-order valence-corrected chi connectivity index (χ0v) is 14.3. The molecule has 0 spiro atoms. The van der Waals surface area contributed by atoms with Gasteiger partial charge in [0.05, 0.1) is 0 Å². The molecule has 128 valence electrons. The molecule has 26 heavy (non-hydrogen) atoms. The van der Waals surface area contributed by atoms with Gasteiger partial charge < -0.3 is 4.74 Å². The van der Waals surface area contributed by atoms with Gasteiger partial charge in [0.2, 0.25) is 5.90 Å². The zero-order valence-electron chi connectivity index (χ0n) is 14.3. The topological polar surface area (TPSA) is 38.7 Å². The maximum Gasteiger partial charge on any atom is 0.280 e. The summed E-state index contributed by atoms with van der Waals surface area (Å²) in [7, 11) is 0. The van der Waals surface area contributed by atoms with E-state index in [9.17, 15) is 4.79 Å². The Hall–Kier alpha value is -3.46. The van der Waals surface area contributed by atoms with E-state index in [4.69, 9.17) is 4.74 Å². The molecular formula is C23H19NO2. The van der Waals surface area contributed by atoms with Crippen molar-refractivity contribution in [3.05, 3.63) is 114 Å². The van der Waals surface area contributed by atoms with Crippen LogP contribution in [0.1, 0.15) is 21.5 Å². The first kappa shape index (κ1) is 17.4. The molecule has 0 unspecified atom stereocenters. The average molecular weight is 341 g/mol. The second-order valence-electron chi connectivity index (χ2n) is 5.58. The summed E-state index contributed by atoms with van der Waals surface area (Å²) in [6.45, 7) is 0.324. The highest BCUT2D eigenvalue weighted by Crippen LogP contribution is 2.08. The van der Waals surface area contributed by atoms with Gasteiger partial charge in [-0.25, -0.2) is 0 Å². The molecule has 0 saturated heterocycles. The van der Waals surface area contributed by atoms with Crippen LogP contribution in [0.3, 0.4) is 0 Å². The van der Waals surface area contributed by atoms with E-state index in [0.29, 0.717) is 18.1 Å². The van der Waals surface area contributed by atoms with Gasteiger partial charge in [0.15, 0.2) is 0 Å². The lowest BCUT2D eigenvalue weighted by Gasteiger charge is -2.07. The number of aliphatic imine (C=N–C) groups is 1. The van der Waals surface area contributed by atoms with E-state index >= 15 is 0 Å². The Kier molecular flexibility index (Phi) is 6.10. The molecule has 0 aliphatic heterocycles. The van der Waals surface area contributed by atoms with Gasteiger partial charge in [0.1, 0.15) is 6.61 Å². The molecule has 1 amide bonds. The highest BCUT2D eigenvalue weighted by atomic mass is 16.5. The molecule has 0 aliphatic carbocycles. The van der Waals surface area contributed by atoms with Crippen molar-refractivity contribution in [2.24, 2.45) is 4.99 Å². The first-order valence-corrected chi connectivity index (χ1v) is 8.41. The highest BCUT2D eigenvalue weighted by Gasteiger charge is 2.09. The van der Waals surface area contributed by atoms with Crippen molar-refractivity contribution in [3.63, 3.8) is 0 Å². The number of rotatable bonds is 5. The highest BCUT2D eigenvalue weighted by molar-refractivity contribution is 6.07. The number of ether oxygens (including phenoxy) is 1. The smallest absolute Gasteiger partial charge is 0.280 e. The summed E-state index contributed by atoms with van der Waals surface area (Å²) in [6.07, 6.45) is 3.88. The van der Waals surface area contributed by atoms with Gasteiger partial charge in [-0.15, -0.1) is 0 Å². The summed E-state index contributed by atoms with van der Waals surface area (Å²) in [5.74, 6) is -0.00587. The van der Waals surface area contributed by atoms with E-state index in [1.807, 2.05) is 91.0 Å². The van der Waals surface area contributed by atoms with E-state index in [1.54, 1.807) is 12.1 Å². The van der Waals surface area contributed by atoms with Crippen LogP contribution in [0.25, 0.3) is 6.08 Å². The number of carbonyl (C=O) groups is 1. The molecule has 0 aliphatic rings. The van der Waals surface area contributed by atoms with Crippen molar-refractivity contribution in [3.8, 4) is 0 Å². The Balaban J connectivity index is 1.75. The third-order valence-electron chi connectivity index (χ3n) is 3.67. The molecule has 0 atom stereocenters. The molecule has 0 fully saturated rings. The van der Waals surface area contributed by atoms with Gasteiger partial charge in [0.25, 0.3) is 5.91 Å². The van der Waals surface area contributed by atoms with Gasteiger partial charge in [-0.2, -0.15) is 4.99 Å². The molecule has 0 aromatic heterocycles. The van der Waals surface area contributed by atoms with Crippen molar-refractivity contribution in [2.45, 2.75) is 0 Å². The van der Waals surface area contributed by atoms with Crippen LogP contribution in [0, 0.1) is 0 Å². The lowest BCUT2D eigenvalue weighted by atomic mass is 10.2. The third-order valence-corrected chi connectivity index (χ3v) is 3.67. The van der Waals surface area contributed by atoms with Crippen LogP contribution in [0.5, 0.6) is 0 Å². The van der Waals surface area contributed by atoms with Crippen LogP contribution in [-0.2, 0) is 4.74 Å². The Bertz CT molecular complexity index is 885. The molecule has 3 aromatic rings. The molecule has 0 heterocycles. The Labute approximate surface area is 153 Å². The largest absolute Gasteiger partial charge is 0.473 e. The third kappa shape index (κ3) is 5.02. The van der Waals surface area contributed by atoms with Crippen molar-refractivity contribution in [1.29, 1.82) is 0 Å². The first-order chi connectivity index (χ1) is 12.8. The van der Waals surface area contributed by atoms with E-state index < -0.39 is 0 Å². The zero-order chi connectivity index (χ0) is 18.0. The van der Waals surface area contributed by atoms with Gasteiger partial charge in [-0.1, -0.05) is 72.8 Å². The number of benzene rings is 3. The van der Waals surface area contributed by atoms with Crippen LogP contribution in [0.4, 0.5) is 0 Å². The molecule has 3 heteroatoms. The molecule has 3 rings (SSSR count). The lowest BCUT2D eigenvalue weighted by molar-refractivity contribution is 0.0999. The predicted molar refractivity (Wildman–Crippen MR) is 105 cm³/mol. The number of hydrogen-bond donors (Lipinski definition) is 0. The van der Waals surface area contributed by atoms with Crippen LogP contribution in [0.15, 0.2) is 102 Å². The maximum absolute atomic E-state index is 12.4. The minimum Gasteiger partial charge on any atom is -0.473 e. The summed E-state index contributed by atoms with van der Waals surface area (Å²) in [5.41, 5.74) is 2.39. The Morgan fingerprint density at radius 1 is 0.769 bits per heavy atom. The summed E-state index contributed by atoms with van der Waals surface area (Å²) in [6, 6.07) is 28.4. The molecule has 0 bridgehead atoms. The summed E-state index contributed by atoms with van der Waals surface area (Å²) in [5, 5.41) is 0. The molecule has 3 aromatic carbocycles. The van der Waals surface area contributed by atoms with Crippen molar-refractivity contribution < 1.29 is 9.53 Å². The number of hydrogen-bond acceptors (Lipinski definition) is 2. The van der Waals surface area contributed by atoms with Gasteiger partial charge in [-0.05, 0) is 35.9 Å². The van der Waals surface area contributed by atoms with Crippen molar-refractivity contribution in [1.82, 2.24) is 0 Å². The summed E-state index contributed by atoms with van der Waals surface area (Å²) in [4.78, 5) is 16.6. The quantitative estimate of drug-likeness (QED) is 0.484. The predicted octanol–water partition coefficient (Wildman–Crippen LogP) is 5.00. The number of nitrogens with zero attached hydrogens (tertiary/aromatic N) is 1. The van der Waals surface area contributed by atoms with Crippen LogP contribution in [0.2, 0.25) is 0 Å². The monoisotopic (exact) mass is 341 g/mol.